The summed E-state index contributed by atoms with van der Waals surface area (Å²) in [6.45, 7) is 1.94. The Morgan fingerprint density at radius 2 is 1.63 bits per heavy atom. The molecule has 0 aliphatic heterocycles. The van der Waals surface area contributed by atoms with Crippen LogP contribution in [0.3, 0.4) is 0 Å². The molecule has 0 aliphatic carbocycles. The molecule has 0 heterocycles. The standard InChI is InChI=1S/C23H28N2O4S/c1-16-9-11-18(12-10-16)21(26)25-20(15-17-7-5-4-6-8-17)22(27)24-19(13-14-30-3)23(28)29-2/h4-12,19-20H,13-15H2,1-3H3,(H,24,27)(H,25,26)/t19-,20-/m0/s1. The summed E-state index contributed by atoms with van der Waals surface area (Å²) in [5.74, 6) is -0.569. The zero-order valence-corrected chi connectivity index (χ0v) is 18.3. The number of hydrogen-bond donors (Lipinski definition) is 2. The monoisotopic (exact) mass is 428 g/mol. The third-order valence-electron chi connectivity index (χ3n) is 4.63. The molecule has 2 N–H and O–H groups in total. The fraction of sp³-hybridized carbons (Fsp3) is 0.348. The molecule has 30 heavy (non-hydrogen) atoms. The smallest absolute Gasteiger partial charge is 0.328 e. The molecule has 0 aliphatic rings. The number of carbonyl (C=O) groups excluding carboxylic acids is 3. The highest BCUT2D eigenvalue weighted by atomic mass is 32.2. The Hall–Kier alpha value is -2.80. The minimum absolute atomic E-state index is 0.306. The number of carbonyl (C=O) groups is 3. The first-order valence-electron chi connectivity index (χ1n) is 9.73. The number of hydrogen-bond acceptors (Lipinski definition) is 5. The molecule has 0 radical (unpaired) electrons. The van der Waals surface area contributed by atoms with Crippen LogP contribution < -0.4 is 10.6 Å². The predicted octanol–water partition coefficient (Wildman–Crippen LogP) is 2.75. The van der Waals surface area contributed by atoms with Gasteiger partial charge in [0.15, 0.2) is 0 Å². The minimum Gasteiger partial charge on any atom is -0.467 e. The minimum atomic E-state index is -0.831. The molecule has 2 aromatic carbocycles. The molecular weight excluding hydrogens is 400 g/mol. The topological polar surface area (TPSA) is 84.5 Å². The van der Waals surface area contributed by atoms with E-state index in [0.717, 1.165) is 11.1 Å². The van der Waals surface area contributed by atoms with E-state index in [-0.39, 0.29) is 5.91 Å². The maximum Gasteiger partial charge on any atom is 0.328 e. The molecule has 7 heteroatoms. The van der Waals surface area contributed by atoms with E-state index < -0.39 is 24.0 Å². The Morgan fingerprint density at radius 3 is 2.23 bits per heavy atom. The van der Waals surface area contributed by atoms with Gasteiger partial charge < -0.3 is 15.4 Å². The first-order valence-corrected chi connectivity index (χ1v) is 11.1. The van der Waals surface area contributed by atoms with E-state index in [2.05, 4.69) is 10.6 Å². The molecule has 0 spiro atoms. The fourth-order valence-corrected chi connectivity index (χ4v) is 3.38. The van der Waals surface area contributed by atoms with Crippen molar-refractivity contribution in [3.63, 3.8) is 0 Å². The fourth-order valence-electron chi connectivity index (χ4n) is 2.90. The van der Waals surface area contributed by atoms with Crippen LogP contribution in [0, 0.1) is 6.92 Å². The summed E-state index contributed by atoms with van der Waals surface area (Å²) >= 11 is 1.58. The van der Waals surface area contributed by atoms with Gasteiger partial charge in [0, 0.05) is 12.0 Å². The molecular formula is C23H28N2O4S. The van der Waals surface area contributed by atoms with E-state index in [4.69, 9.17) is 4.74 Å². The second kappa shape index (κ2) is 12.0. The zero-order chi connectivity index (χ0) is 21.9. The van der Waals surface area contributed by atoms with Crippen molar-refractivity contribution in [3.05, 3.63) is 71.3 Å². The highest BCUT2D eigenvalue weighted by Crippen LogP contribution is 2.09. The van der Waals surface area contributed by atoms with Crippen molar-refractivity contribution in [2.24, 2.45) is 0 Å². The number of rotatable bonds is 10. The average molecular weight is 429 g/mol. The predicted molar refractivity (Wildman–Crippen MR) is 120 cm³/mol. The van der Waals surface area contributed by atoms with Crippen LogP contribution in [-0.2, 0) is 20.7 Å². The summed E-state index contributed by atoms with van der Waals surface area (Å²) < 4.78 is 4.82. The van der Waals surface area contributed by atoms with E-state index >= 15 is 0 Å². The van der Waals surface area contributed by atoms with Crippen molar-refractivity contribution < 1.29 is 19.1 Å². The van der Waals surface area contributed by atoms with Crippen molar-refractivity contribution in [2.45, 2.75) is 31.8 Å². The van der Waals surface area contributed by atoms with Gasteiger partial charge >= 0.3 is 5.97 Å². The van der Waals surface area contributed by atoms with Crippen LogP contribution in [0.4, 0.5) is 0 Å². The summed E-state index contributed by atoms with van der Waals surface area (Å²) in [4.78, 5) is 37.8. The maximum absolute atomic E-state index is 13.0. The molecule has 2 aromatic rings. The van der Waals surface area contributed by atoms with Crippen LogP contribution in [0.15, 0.2) is 54.6 Å². The number of esters is 1. The van der Waals surface area contributed by atoms with Gasteiger partial charge in [0.1, 0.15) is 12.1 Å². The maximum atomic E-state index is 13.0. The lowest BCUT2D eigenvalue weighted by atomic mass is 10.0. The number of amides is 2. The Labute approximate surface area is 181 Å². The van der Waals surface area contributed by atoms with Gasteiger partial charge in [-0.05, 0) is 43.0 Å². The number of methoxy groups -OCH3 is 1. The summed E-state index contributed by atoms with van der Waals surface area (Å²) in [6.07, 6.45) is 2.68. The average Bonchev–Trinajstić information content (AvgIpc) is 2.76. The molecule has 0 unspecified atom stereocenters. The quantitative estimate of drug-likeness (QED) is 0.569. The second-order valence-corrected chi connectivity index (χ2v) is 7.93. The van der Waals surface area contributed by atoms with Gasteiger partial charge in [0.25, 0.3) is 5.91 Å². The molecule has 0 saturated carbocycles. The molecule has 0 bridgehead atoms. The molecule has 0 aromatic heterocycles. The molecule has 2 amide bonds. The molecule has 0 fully saturated rings. The molecule has 2 rings (SSSR count). The highest BCUT2D eigenvalue weighted by Gasteiger charge is 2.27. The van der Waals surface area contributed by atoms with Gasteiger partial charge in [-0.3, -0.25) is 9.59 Å². The van der Waals surface area contributed by atoms with Gasteiger partial charge in [-0.15, -0.1) is 0 Å². The van der Waals surface area contributed by atoms with E-state index in [1.54, 1.807) is 23.9 Å². The molecule has 160 valence electrons. The van der Waals surface area contributed by atoms with Gasteiger partial charge in [-0.25, -0.2) is 4.79 Å². The summed E-state index contributed by atoms with van der Waals surface area (Å²) in [5.41, 5.74) is 2.42. The second-order valence-electron chi connectivity index (χ2n) is 6.95. The molecule has 0 saturated heterocycles. The van der Waals surface area contributed by atoms with Crippen LogP contribution in [0.25, 0.3) is 0 Å². The Morgan fingerprint density at radius 1 is 0.967 bits per heavy atom. The van der Waals surface area contributed by atoms with Crippen molar-refractivity contribution in [1.29, 1.82) is 0 Å². The lowest BCUT2D eigenvalue weighted by Crippen LogP contribution is -2.52. The third kappa shape index (κ3) is 7.22. The molecule has 6 nitrogen and oxygen atoms in total. The number of benzene rings is 2. The molecule has 2 atom stereocenters. The summed E-state index contributed by atoms with van der Waals surface area (Å²) in [7, 11) is 1.29. The van der Waals surface area contributed by atoms with Crippen LogP contribution >= 0.6 is 11.8 Å². The number of thioether (sulfide) groups is 1. The first kappa shape index (κ1) is 23.5. The summed E-state index contributed by atoms with van der Waals surface area (Å²) in [5, 5.41) is 5.56. The first-order chi connectivity index (χ1) is 14.4. The van der Waals surface area contributed by atoms with Gasteiger partial charge in [0.2, 0.25) is 5.91 Å². The van der Waals surface area contributed by atoms with E-state index in [0.29, 0.717) is 24.2 Å². The lowest BCUT2D eigenvalue weighted by molar-refractivity contribution is -0.145. The van der Waals surface area contributed by atoms with Crippen molar-refractivity contribution in [3.8, 4) is 0 Å². The number of ether oxygens (including phenoxy) is 1. The zero-order valence-electron chi connectivity index (χ0n) is 17.5. The highest BCUT2D eigenvalue weighted by molar-refractivity contribution is 7.98. The van der Waals surface area contributed by atoms with Crippen LogP contribution in [0.1, 0.15) is 27.9 Å². The van der Waals surface area contributed by atoms with Gasteiger partial charge in [-0.2, -0.15) is 11.8 Å². The number of nitrogens with one attached hydrogen (secondary N) is 2. The van der Waals surface area contributed by atoms with Crippen LogP contribution in [0.5, 0.6) is 0 Å². The van der Waals surface area contributed by atoms with Crippen molar-refractivity contribution in [2.75, 3.05) is 19.1 Å². The van der Waals surface area contributed by atoms with Crippen LogP contribution in [0.2, 0.25) is 0 Å². The van der Waals surface area contributed by atoms with E-state index in [1.165, 1.54) is 7.11 Å². The summed E-state index contributed by atoms with van der Waals surface area (Å²) in [6, 6.07) is 15.0. The third-order valence-corrected chi connectivity index (χ3v) is 5.28. The Balaban J connectivity index is 2.18. The van der Waals surface area contributed by atoms with Gasteiger partial charge in [0.05, 0.1) is 7.11 Å². The Bertz CT molecular complexity index is 840. The largest absolute Gasteiger partial charge is 0.467 e. The van der Waals surface area contributed by atoms with E-state index in [9.17, 15) is 14.4 Å². The lowest BCUT2D eigenvalue weighted by Gasteiger charge is -2.22. The number of aryl methyl sites for hydroxylation is 1. The van der Waals surface area contributed by atoms with E-state index in [1.807, 2.05) is 55.6 Å². The van der Waals surface area contributed by atoms with Gasteiger partial charge in [-0.1, -0.05) is 48.0 Å². The van der Waals surface area contributed by atoms with Crippen molar-refractivity contribution >= 4 is 29.5 Å². The van der Waals surface area contributed by atoms with Crippen molar-refractivity contribution in [1.82, 2.24) is 10.6 Å². The normalized spacial score (nSPS) is 12.5. The Kier molecular flexibility index (Phi) is 9.41. The van der Waals surface area contributed by atoms with Crippen LogP contribution in [-0.4, -0.2) is 49.0 Å². The SMILES string of the molecule is COC(=O)[C@H](CCSC)NC(=O)[C@H](Cc1ccccc1)NC(=O)c1ccc(C)cc1.